The van der Waals surface area contributed by atoms with E-state index in [1.807, 2.05) is 26.1 Å². The van der Waals surface area contributed by atoms with Crippen LogP contribution < -0.4 is 10.1 Å². The lowest BCUT2D eigenvalue weighted by molar-refractivity contribution is 0.365. The summed E-state index contributed by atoms with van der Waals surface area (Å²) in [7, 11) is 3.23. The van der Waals surface area contributed by atoms with Crippen LogP contribution in [0.15, 0.2) is 24.4 Å². The van der Waals surface area contributed by atoms with E-state index in [0.717, 1.165) is 4.88 Å². The monoisotopic (exact) mass is 266 g/mol. The summed E-state index contributed by atoms with van der Waals surface area (Å²) in [6.45, 7) is 2.03. The molecule has 96 valence electrons. The average Bonchev–Trinajstić information content (AvgIpc) is 2.79. The fraction of sp³-hybridized carbons (Fsp3) is 0.308. The predicted molar refractivity (Wildman–Crippen MR) is 70.7 cm³/mol. The van der Waals surface area contributed by atoms with Crippen LogP contribution in [-0.4, -0.2) is 19.1 Å². The van der Waals surface area contributed by atoms with Crippen LogP contribution in [0.3, 0.4) is 0 Å². The van der Waals surface area contributed by atoms with Crippen LogP contribution in [0.2, 0.25) is 0 Å². The summed E-state index contributed by atoms with van der Waals surface area (Å²) in [6, 6.07) is 5.53. The summed E-state index contributed by atoms with van der Waals surface area (Å²) in [4.78, 5) is 6.12. The van der Waals surface area contributed by atoms with Crippen molar-refractivity contribution < 1.29 is 9.13 Å². The maximum absolute atomic E-state index is 14.2. The fourth-order valence-electron chi connectivity index (χ4n) is 1.86. The van der Waals surface area contributed by atoms with Gasteiger partial charge < -0.3 is 10.1 Å². The molecule has 0 saturated carbocycles. The number of nitrogens with zero attached hydrogens (tertiary/aromatic N) is 1. The van der Waals surface area contributed by atoms with Crippen molar-refractivity contribution in [2.24, 2.45) is 0 Å². The number of pyridine rings is 1. The van der Waals surface area contributed by atoms with Gasteiger partial charge in [0, 0.05) is 21.5 Å². The Hall–Kier alpha value is -1.46. The van der Waals surface area contributed by atoms with Crippen molar-refractivity contribution in [3.8, 4) is 5.88 Å². The number of methoxy groups -OCH3 is 1. The normalized spacial score (nSPS) is 12.4. The van der Waals surface area contributed by atoms with Crippen LogP contribution in [0.4, 0.5) is 4.39 Å². The average molecular weight is 266 g/mol. The number of aromatic nitrogens is 1. The highest BCUT2D eigenvalue weighted by Gasteiger charge is 2.20. The molecule has 2 aromatic rings. The van der Waals surface area contributed by atoms with Gasteiger partial charge in [-0.05, 0) is 32.2 Å². The Morgan fingerprint density at radius 3 is 2.72 bits per heavy atom. The minimum absolute atomic E-state index is 0.0287. The van der Waals surface area contributed by atoms with Crippen LogP contribution in [0, 0.1) is 12.7 Å². The molecule has 0 fully saturated rings. The van der Waals surface area contributed by atoms with Gasteiger partial charge in [-0.25, -0.2) is 9.37 Å². The quantitative estimate of drug-likeness (QED) is 0.924. The molecule has 2 rings (SSSR count). The summed E-state index contributed by atoms with van der Waals surface area (Å²) in [5, 5.41) is 3.13. The summed E-state index contributed by atoms with van der Waals surface area (Å²) < 4.78 is 19.1. The van der Waals surface area contributed by atoms with Gasteiger partial charge in [0.15, 0.2) is 5.82 Å². The Kier molecular flexibility index (Phi) is 3.93. The molecule has 0 aliphatic rings. The minimum atomic E-state index is -0.412. The highest BCUT2D eigenvalue weighted by atomic mass is 32.1. The van der Waals surface area contributed by atoms with Crippen molar-refractivity contribution >= 4 is 11.3 Å². The zero-order valence-corrected chi connectivity index (χ0v) is 11.3. The van der Waals surface area contributed by atoms with E-state index in [1.54, 1.807) is 23.6 Å². The van der Waals surface area contributed by atoms with Gasteiger partial charge in [-0.2, -0.15) is 0 Å². The van der Waals surface area contributed by atoms with Crippen LogP contribution in [0.1, 0.15) is 21.4 Å². The summed E-state index contributed by atoms with van der Waals surface area (Å²) >= 11 is 1.65. The zero-order chi connectivity index (χ0) is 13.1. The molecule has 1 N–H and O–H groups in total. The molecule has 0 bridgehead atoms. The fourth-order valence-corrected chi connectivity index (χ4v) is 2.87. The molecule has 0 amide bonds. The van der Waals surface area contributed by atoms with E-state index >= 15 is 0 Å². The Morgan fingerprint density at radius 1 is 1.39 bits per heavy atom. The Labute approximate surface area is 110 Å². The second-order valence-electron chi connectivity index (χ2n) is 3.89. The molecule has 18 heavy (non-hydrogen) atoms. The van der Waals surface area contributed by atoms with Crippen LogP contribution in [-0.2, 0) is 0 Å². The molecule has 0 aliphatic carbocycles. The number of rotatable bonds is 4. The number of thiophene rings is 1. The Bertz CT molecular complexity index is 542. The van der Waals surface area contributed by atoms with Crippen molar-refractivity contribution in [3.05, 3.63) is 45.5 Å². The van der Waals surface area contributed by atoms with E-state index in [2.05, 4.69) is 10.3 Å². The lowest BCUT2D eigenvalue weighted by Gasteiger charge is -2.16. The summed E-state index contributed by atoms with van der Waals surface area (Å²) in [5.74, 6) is -0.383. The maximum Gasteiger partial charge on any atom is 0.250 e. The van der Waals surface area contributed by atoms with Gasteiger partial charge in [-0.3, -0.25) is 0 Å². The smallest absolute Gasteiger partial charge is 0.250 e. The van der Waals surface area contributed by atoms with Crippen molar-refractivity contribution in [2.45, 2.75) is 13.0 Å². The largest absolute Gasteiger partial charge is 0.479 e. The zero-order valence-electron chi connectivity index (χ0n) is 10.5. The molecule has 3 nitrogen and oxygen atoms in total. The van der Waals surface area contributed by atoms with E-state index in [4.69, 9.17) is 4.74 Å². The maximum atomic E-state index is 14.2. The van der Waals surface area contributed by atoms with Gasteiger partial charge in [0.05, 0.1) is 13.2 Å². The van der Waals surface area contributed by atoms with Gasteiger partial charge in [0.2, 0.25) is 5.88 Å². The third-order valence-electron chi connectivity index (χ3n) is 2.73. The number of ether oxygens (including phenoxy) is 1. The SMILES string of the molecule is CNC(c1ccc(C)s1)c1ccnc(OC)c1F. The Balaban J connectivity index is 2.45. The molecule has 0 spiro atoms. The van der Waals surface area contributed by atoms with E-state index in [1.165, 1.54) is 12.0 Å². The van der Waals surface area contributed by atoms with Gasteiger partial charge in [0.25, 0.3) is 0 Å². The van der Waals surface area contributed by atoms with Crippen LogP contribution >= 0.6 is 11.3 Å². The number of nitrogens with one attached hydrogen (secondary N) is 1. The molecule has 2 aromatic heterocycles. The molecule has 0 aromatic carbocycles. The van der Waals surface area contributed by atoms with Crippen molar-refractivity contribution in [2.75, 3.05) is 14.2 Å². The number of hydrogen-bond acceptors (Lipinski definition) is 4. The molecule has 1 atom stereocenters. The molecule has 0 aliphatic heterocycles. The number of hydrogen-bond donors (Lipinski definition) is 1. The minimum Gasteiger partial charge on any atom is -0.479 e. The molecular formula is C13H15FN2OS. The molecule has 5 heteroatoms. The van der Waals surface area contributed by atoms with Gasteiger partial charge in [0.1, 0.15) is 0 Å². The predicted octanol–water partition coefficient (Wildman–Crippen LogP) is 2.91. The van der Waals surface area contributed by atoms with Gasteiger partial charge >= 0.3 is 0 Å². The topological polar surface area (TPSA) is 34.2 Å². The van der Waals surface area contributed by atoms with Crippen LogP contribution in [0.5, 0.6) is 5.88 Å². The van der Waals surface area contributed by atoms with Crippen molar-refractivity contribution in [1.29, 1.82) is 0 Å². The molecule has 1 unspecified atom stereocenters. The number of aryl methyl sites for hydroxylation is 1. The second-order valence-corrected chi connectivity index (χ2v) is 5.21. The lowest BCUT2D eigenvalue weighted by atomic mass is 10.1. The standard InChI is InChI=1S/C13H15FN2OS/c1-8-4-5-10(18-8)12(15-2)9-6-7-16-13(17-3)11(9)14/h4-7,12,15H,1-3H3. The first-order valence-corrected chi connectivity index (χ1v) is 6.41. The van der Waals surface area contributed by atoms with Crippen LogP contribution in [0.25, 0.3) is 0 Å². The first-order valence-electron chi connectivity index (χ1n) is 5.59. The lowest BCUT2D eigenvalue weighted by Crippen LogP contribution is -2.18. The summed E-state index contributed by atoms with van der Waals surface area (Å²) in [5.41, 5.74) is 0.547. The highest BCUT2D eigenvalue weighted by molar-refractivity contribution is 7.12. The molecular weight excluding hydrogens is 251 g/mol. The van der Waals surface area contributed by atoms with Gasteiger partial charge in [-0.1, -0.05) is 0 Å². The Morgan fingerprint density at radius 2 is 2.17 bits per heavy atom. The molecule has 2 heterocycles. The highest BCUT2D eigenvalue weighted by Crippen LogP contribution is 2.31. The first kappa shape index (κ1) is 13.0. The second kappa shape index (κ2) is 5.46. The molecule has 0 saturated heterocycles. The first-order chi connectivity index (χ1) is 8.67. The van der Waals surface area contributed by atoms with E-state index in [0.29, 0.717) is 5.56 Å². The van der Waals surface area contributed by atoms with Gasteiger partial charge in [-0.15, -0.1) is 11.3 Å². The van der Waals surface area contributed by atoms with E-state index < -0.39 is 5.82 Å². The molecule has 0 radical (unpaired) electrons. The summed E-state index contributed by atoms with van der Waals surface area (Å²) in [6.07, 6.45) is 1.56. The third kappa shape index (κ3) is 2.37. The third-order valence-corrected chi connectivity index (χ3v) is 3.79. The van der Waals surface area contributed by atoms with E-state index in [9.17, 15) is 4.39 Å². The number of halogens is 1. The van der Waals surface area contributed by atoms with Crippen molar-refractivity contribution in [3.63, 3.8) is 0 Å². The van der Waals surface area contributed by atoms with E-state index in [-0.39, 0.29) is 11.9 Å². The van der Waals surface area contributed by atoms with Crippen molar-refractivity contribution in [1.82, 2.24) is 10.3 Å².